The highest BCUT2D eigenvalue weighted by Gasteiger charge is 2.09. The number of nitrogens with one attached hydrogen (secondary N) is 1. The van der Waals surface area contributed by atoms with E-state index in [2.05, 4.69) is 19.2 Å². The molecule has 2 N–H and O–H groups in total. The first-order chi connectivity index (χ1) is 9.00. The summed E-state index contributed by atoms with van der Waals surface area (Å²) in [5, 5.41) is 11.8. The third-order valence-electron chi connectivity index (χ3n) is 2.47. The molecule has 0 aliphatic carbocycles. The third-order valence-corrected chi connectivity index (χ3v) is 2.47. The van der Waals surface area contributed by atoms with Gasteiger partial charge in [-0.2, -0.15) is 0 Å². The zero-order valence-electron chi connectivity index (χ0n) is 11.3. The van der Waals surface area contributed by atoms with Gasteiger partial charge < -0.3 is 15.2 Å². The van der Waals surface area contributed by atoms with Crippen LogP contribution in [0.2, 0.25) is 0 Å². The molecule has 0 aromatic heterocycles. The minimum Gasteiger partial charge on any atom is -0.478 e. The van der Waals surface area contributed by atoms with Crippen molar-refractivity contribution in [1.29, 1.82) is 0 Å². The van der Waals surface area contributed by atoms with E-state index in [0.29, 0.717) is 31.2 Å². The van der Waals surface area contributed by atoms with E-state index < -0.39 is 11.8 Å². The normalized spacial score (nSPS) is 10.9. The van der Waals surface area contributed by atoms with Crippen molar-refractivity contribution in [2.24, 2.45) is 5.92 Å². The van der Waals surface area contributed by atoms with Crippen LogP contribution in [-0.2, 0) is 11.3 Å². The number of hydrogen-bond acceptors (Lipinski definition) is 3. The van der Waals surface area contributed by atoms with Gasteiger partial charge in [-0.25, -0.2) is 9.18 Å². The lowest BCUT2D eigenvalue weighted by molar-refractivity contribution is 0.0692. The summed E-state index contributed by atoms with van der Waals surface area (Å²) in [6, 6.07) is 4.13. The van der Waals surface area contributed by atoms with Crippen LogP contribution in [0, 0.1) is 11.7 Å². The van der Waals surface area contributed by atoms with Crippen molar-refractivity contribution in [2.75, 3.05) is 19.8 Å². The smallest absolute Gasteiger partial charge is 0.338 e. The summed E-state index contributed by atoms with van der Waals surface area (Å²) >= 11 is 0. The van der Waals surface area contributed by atoms with Crippen molar-refractivity contribution in [1.82, 2.24) is 5.32 Å². The number of halogens is 1. The van der Waals surface area contributed by atoms with Gasteiger partial charge in [0.25, 0.3) is 0 Å². The molecule has 0 amide bonds. The third kappa shape index (κ3) is 5.81. The molecule has 0 radical (unpaired) electrons. The Morgan fingerprint density at radius 2 is 2.21 bits per heavy atom. The lowest BCUT2D eigenvalue weighted by Gasteiger charge is -2.08. The molecule has 0 aliphatic rings. The molecule has 0 saturated carbocycles. The Kier molecular flexibility index (Phi) is 6.45. The van der Waals surface area contributed by atoms with E-state index >= 15 is 0 Å². The largest absolute Gasteiger partial charge is 0.478 e. The van der Waals surface area contributed by atoms with E-state index in [9.17, 15) is 9.18 Å². The van der Waals surface area contributed by atoms with Gasteiger partial charge in [0.15, 0.2) is 0 Å². The van der Waals surface area contributed by atoms with Crippen LogP contribution in [0.25, 0.3) is 0 Å². The molecule has 106 valence electrons. The van der Waals surface area contributed by atoms with Crippen molar-refractivity contribution in [2.45, 2.75) is 20.4 Å². The Hall–Kier alpha value is -1.46. The molecule has 0 heterocycles. The minimum atomic E-state index is -1.25. The number of carboxylic acid groups (broad SMARTS) is 1. The zero-order valence-corrected chi connectivity index (χ0v) is 11.3. The van der Waals surface area contributed by atoms with Gasteiger partial charge in [-0.3, -0.25) is 0 Å². The number of benzene rings is 1. The van der Waals surface area contributed by atoms with Crippen LogP contribution in [0.4, 0.5) is 4.39 Å². The molecule has 0 aliphatic heterocycles. The minimum absolute atomic E-state index is 0.302. The summed E-state index contributed by atoms with van der Waals surface area (Å²) in [5.41, 5.74) is 0.412. The summed E-state index contributed by atoms with van der Waals surface area (Å²) in [6.07, 6.45) is 0. The summed E-state index contributed by atoms with van der Waals surface area (Å²) < 4.78 is 18.8. The van der Waals surface area contributed by atoms with E-state index in [1.165, 1.54) is 12.1 Å². The van der Waals surface area contributed by atoms with Gasteiger partial charge in [0, 0.05) is 19.7 Å². The summed E-state index contributed by atoms with van der Waals surface area (Å²) in [6.45, 7) is 6.66. The molecule has 4 nitrogen and oxygen atoms in total. The first-order valence-corrected chi connectivity index (χ1v) is 6.31. The molecule has 5 heteroatoms. The summed E-state index contributed by atoms with van der Waals surface area (Å²) in [5.74, 6) is -1.44. The second-order valence-corrected chi connectivity index (χ2v) is 4.76. The molecule has 0 fully saturated rings. The average molecular weight is 269 g/mol. The predicted molar refractivity (Wildman–Crippen MR) is 70.7 cm³/mol. The fourth-order valence-corrected chi connectivity index (χ4v) is 1.54. The van der Waals surface area contributed by atoms with Crippen molar-refractivity contribution in [3.8, 4) is 0 Å². The molecule has 0 unspecified atom stereocenters. The maximum absolute atomic E-state index is 13.4. The molecule has 0 atom stereocenters. The van der Waals surface area contributed by atoms with E-state index in [1.54, 1.807) is 6.07 Å². The molecule has 0 spiro atoms. The van der Waals surface area contributed by atoms with Gasteiger partial charge in [-0.15, -0.1) is 0 Å². The number of ether oxygens (including phenoxy) is 1. The lowest BCUT2D eigenvalue weighted by Crippen LogP contribution is -2.20. The summed E-state index contributed by atoms with van der Waals surface area (Å²) in [7, 11) is 0. The molecule has 19 heavy (non-hydrogen) atoms. The molecule has 0 saturated heterocycles. The number of hydrogen-bond donors (Lipinski definition) is 2. The van der Waals surface area contributed by atoms with Crippen molar-refractivity contribution < 1.29 is 19.0 Å². The van der Waals surface area contributed by atoms with E-state index in [4.69, 9.17) is 9.84 Å². The second kappa shape index (κ2) is 7.86. The van der Waals surface area contributed by atoms with Crippen molar-refractivity contribution in [3.63, 3.8) is 0 Å². The van der Waals surface area contributed by atoms with Crippen LogP contribution < -0.4 is 5.32 Å². The van der Waals surface area contributed by atoms with Crippen LogP contribution in [0.3, 0.4) is 0 Å². The molecule has 1 aromatic rings. The van der Waals surface area contributed by atoms with Gasteiger partial charge in [0.05, 0.1) is 12.2 Å². The molecule has 1 aromatic carbocycles. The number of rotatable bonds is 8. The van der Waals surface area contributed by atoms with Crippen molar-refractivity contribution in [3.05, 3.63) is 35.1 Å². The highest BCUT2D eigenvalue weighted by Crippen LogP contribution is 2.10. The average Bonchev–Trinajstić information content (AvgIpc) is 2.32. The topological polar surface area (TPSA) is 58.6 Å². The van der Waals surface area contributed by atoms with Crippen LogP contribution in [0.15, 0.2) is 18.2 Å². The highest BCUT2D eigenvalue weighted by atomic mass is 19.1. The SMILES string of the molecule is CC(C)COCCNCc1ccc(C(=O)O)c(F)c1. The summed E-state index contributed by atoms with van der Waals surface area (Å²) in [4.78, 5) is 10.6. The van der Waals surface area contributed by atoms with E-state index in [0.717, 1.165) is 6.61 Å². The number of carboxylic acids is 1. The van der Waals surface area contributed by atoms with Crippen LogP contribution in [0.5, 0.6) is 0 Å². The highest BCUT2D eigenvalue weighted by molar-refractivity contribution is 5.87. The van der Waals surface area contributed by atoms with Crippen molar-refractivity contribution >= 4 is 5.97 Å². The van der Waals surface area contributed by atoms with E-state index in [-0.39, 0.29) is 5.56 Å². The molecule has 0 bridgehead atoms. The van der Waals surface area contributed by atoms with Crippen LogP contribution in [-0.4, -0.2) is 30.8 Å². The zero-order chi connectivity index (χ0) is 14.3. The van der Waals surface area contributed by atoms with Crippen LogP contribution >= 0.6 is 0 Å². The van der Waals surface area contributed by atoms with Gasteiger partial charge >= 0.3 is 5.97 Å². The first kappa shape index (κ1) is 15.6. The second-order valence-electron chi connectivity index (χ2n) is 4.76. The maximum Gasteiger partial charge on any atom is 0.338 e. The van der Waals surface area contributed by atoms with Gasteiger partial charge in [-0.1, -0.05) is 19.9 Å². The van der Waals surface area contributed by atoms with Gasteiger partial charge in [-0.05, 0) is 23.6 Å². The Balaban J connectivity index is 2.30. The maximum atomic E-state index is 13.4. The molecule has 1 rings (SSSR count). The Morgan fingerprint density at radius 1 is 1.47 bits per heavy atom. The monoisotopic (exact) mass is 269 g/mol. The van der Waals surface area contributed by atoms with Gasteiger partial charge in [0.1, 0.15) is 5.82 Å². The standard InChI is InChI=1S/C14H20FNO3/c1-10(2)9-19-6-5-16-8-11-3-4-12(14(17)18)13(15)7-11/h3-4,7,10,16H,5-6,8-9H2,1-2H3,(H,17,18). The fraction of sp³-hybridized carbons (Fsp3) is 0.500. The predicted octanol–water partition coefficient (Wildman–Crippen LogP) is 2.29. The fourth-order valence-electron chi connectivity index (χ4n) is 1.54. The molecular weight excluding hydrogens is 249 g/mol. The number of aromatic carboxylic acids is 1. The first-order valence-electron chi connectivity index (χ1n) is 6.31. The van der Waals surface area contributed by atoms with Crippen LogP contribution in [0.1, 0.15) is 29.8 Å². The lowest BCUT2D eigenvalue weighted by atomic mass is 10.1. The van der Waals surface area contributed by atoms with E-state index in [1.807, 2.05) is 0 Å². The van der Waals surface area contributed by atoms with Gasteiger partial charge in [0.2, 0.25) is 0 Å². The Morgan fingerprint density at radius 3 is 2.79 bits per heavy atom. The quantitative estimate of drug-likeness (QED) is 0.711. The Bertz CT molecular complexity index is 421. The number of carbonyl (C=O) groups is 1. The Labute approximate surface area is 112 Å². The molecular formula is C14H20FNO3.